The molecule has 1 aliphatic carbocycles. The summed E-state index contributed by atoms with van der Waals surface area (Å²) >= 11 is 0. The van der Waals surface area contributed by atoms with Crippen molar-refractivity contribution in [3.63, 3.8) is 0 Å². The molecule has 1 aliphatic rings. The molecule has 1 nitrogen and oxygen atoms in total. The van der Waals surface area contributed by atoms with Crippen molar-refractivity contribution in [3.05, 3.63) is 0 Å². The SMILES string of the molecule is CCC1CCC(NC(C)CC)CC1. The minimum absolute atomic E-state index is 0.711. The zero-order valence-electron chi connectivity index (χ0n) is 9.47. The predicted molar refractivity (Wildman–Crippen MR) is 58.9 cm³/mol. The zero-order chi connectivity index (χ0) is 9.68. The van der Waals surface area contributed by atoms with Gasteiger partial charge < -0.3 is 5.32 Å². The minimum atomic E-state index is 0.711. The van der Waals surface area contributed by atoms with E-state index in [0.29, 0.717) is 6.04 Å². The van der Waals surface area contributed by atoms with E-state index in [9.17, 15) is 0 Å². The van der Waals surface area contributed by atoms with Gasteiger partial charge in [0.25, 0.3) is 0 Å². The van der Waals surface area contributed by atoms with Gasteiger partial charge in [-0.15, -0.1) is 0 Å². The van der Waals surface area contributed by atoms with E-state index in [1.54, 1.807) is 0 Å². The van der Waals surface area contributed by atoms with Crippen molar-refractivity contribution in [3.8, 4) is 0 Å². The Bertz CT molecular complexity index is 125. The third-order valence-corrected chi connectivity index (χ3v) is 3.56. The summed E-state index contributed by atoms with van der Waals surface area (Å²) in [6.07, 6.45) is 8.35. The van der Waals surface area contributed by atoms with Crippen LogP contribution in [0.15, 0.2) is 0 Å². The largest absolute Gasteiger partial charge is 0.312 e. The van der Waals surface area contributed by atoms with Gasteiger partial charge in [0.05, 0.1) is 0 Å². The van der Waals surface area contributed by atoms with Gasteiger partial charge in [0.15, 0.2) is 0 Å². The van der Waals surface area contributed by atoms with Crippen LogP contribution < -0.4 is 5.32 Å². The quantitative estimate of drug-likeness (QED) is 0.705. The molecule has 0 aromatic heterocycles. The highest BCUT2D eigenvalue weighted by Crippen LogP contribution is 2.26. The van der Waals surface area contributed by atoms with Crippen LogP contribution in [0.5, 0.6) is 0 Å². The van der Waals surface area contributed by atoms with Gasteiger partial charge in [0.1, 0.15) is 0 Å². The maximum absolute atomic E-state index is 3.71. The van der Waals surface area contributed by atoms with Gasteiger partial charge in [-0.25, -0.2) is 0 Å². The highest BCUT2D eigenvalue weighted by Gasteiger charge is 2.20. The maximum Gasteiger partial charge on any atom is 0.00697 e. The summed E-state index contributed by atoms with van der Waals surface area (Å²) in [6, 6.07) is 1.53. The molecule has 0 radical (unpaired) electrons. The van der Waals surface area contributed by atoms with Crippen LogP contribution in [0.4, 0.5) is 0 Å². The second-order valence-corrected chi connectivity index (χ2v) is 4.60. The lowest BCUT2D eigenvalue weighted by Gasteiger charge is -2.30. The summed E-state index contributed by atoms with van der Waals surface area (Å²) < 4.78 is 0. The molecular formula is C12H25N. The smallest absolute Gasteiger partial charge is 0.00697 e. The minimum Gasteiger partial charge on any atom is -0.312 e. The van der Waals surface area contributed by atoms with Crippen LogP contribution in [0.25, 0.3) is 0 Å². The predicted octanol–water partition coefficient (Wildman–Crippen LogP) is 3.34. The highest BCUT2D eigenvalue weighted by atomic mass is 14.9. The van der Waals surface area contributed by atoms with Gasteiger partial charge in [-0.2, -0.15) is 0 Å². The van der Waals surface area contributed by atoms with Crippen molar-refractivity contribution < 1.29 is 0 Å². The third-order valence-electron chi connectivity index (χ3n) is 3.56. The van der Waals surface area contributed by atoms with Crippen molar-refractivity contribution in [2.45, 2.75) is 71.4 Å². The first-order chi connectivity index (χ1) is 6.26. The summed E-state index contributed by atoms with van der Waals surface area (Å²) in [6.45, 7) is 6.88. The first-order valence-electron chi connectivity index (χ1n) is 6.02. The molecule has 0 aromatic carbocycles. The Morgan fingerprint density at radius 3 is 2.23 bits per heavy atom. The van der Waals surface area contributed by atoms with Crippen LogP contribution in [0.3, 0.4) is 0 Å². The molecule has 0 bridgehead atoms. The van der Waals surface area contributed by atoms with E-state index in [2.05, 4.69) is 26.1 Å². The van der Waals surface area contributed by atoms with Crippen molar-refractivity contribution >= 4 is 0 Å². The Labute approximate surface area is 83.3 Å². The van der Waals surface area contributed by atoms with Crippen molar-refractivity contribution in [1.29, 1.82) is 0 Å². The second kappa shape index (κ2) is 5.64. The monoisotopic (exact) mass is 183 g/mol. The molecule has 1 saturated carbocycles. The van der Waals surface area contributed by atoms with E-state index in [1.165, 1.54) is 38.5 Å². The number of hydrogen-bond acceptors (Lipinski definition) is 1. The van der Waals surface area contributed by atoms with Crippen molar-refractivity contribution in [1.82, 2.24) is 5.32 Å². The fourth-order valence-electron chi connectivity index (χ4n) is 2.26. The van der Waals surface area contributed by atoms with Crippen LogP contribution >= 0.6 is 0 Å². The molecule has 1 fully saturated rings. The van der Waals surface area contributed by atoms with Gasteiger partial charge in [-0.1, -0.05) is 20.3 Å². The van der Waals surface area contributed by atoms with Gasteiger partial charge in [0, 0.05) is 12.1 Å². The zero-order valence-corrected chi connectivity index (χ0v) is 9.47. The summed E-state index contributed by atoms with van der Waals surface area (Å²) in [4.78, 5) is 0. The molecule has 1 rings (SSSR count). The molecule has 0 aromatic rings. The molecule has 1 heteroatoms. The molecule has 0 saturated heterocycles. The second-order valence-electron chi connectivity index (χ2n) is 4.60. The van der Waals surface area contributed by atoms with Crippen LogP contribution in [0.1, 0.15) is 59.3 Å². The van der Waals surface area contributed by atoms with Crippen LogP contribution in [-0.2, 0) is 0 Å². The standard InChI is InChI=1S/C12H25N/c1-4-10(3)13-12-8-6-11(5-2)7-9-12/h10-13H,4-9H2,1-3H3. The Morgan fingerprint density at radius 1 is 1.15 bits per heavy atom. The first kappa shape index (κ1) is 11.0. The average molecular weight is 183 g/mol. The first-order valence-corrected chi connectivity index (χ1v) is 6.02. The molecule has 1 unspecified atom stereocenters. The van der Waals surface area contributed by atoms with E-state index >= 15 is 0 Å². The Kier molecular flexibility index (Phi) is 4.79. The van der Waals surface area contributed by atoms with E-state index in [4.69, 9.17) is 0 Å². The lowest BCUT2D eigenvalue weighted by molar-refractivity contribution is 0.271. The average Bonchev–Trinajstić information content (AvgIpc) is 2.19. The summed E-state index contributed by atoms with van der Waals surface area (Å²) in [5, 5.41) is 3.71. The lowest BCUT2D eigenvalue weighted by atomic mass is 9.84. The van der Waals surface area contributed by atoms with Crippen molar-refractivity contribution in [2.24, 2.45) is 5.92 Å². The van der Waals surface area contributed by atoms with Crippen LogP contribution in [-0.4, -0.2) is 12.1 Å². The van der Waals surface area contributed by atoms with E-state index in [1.807, 2.05) is 0 Å². The maximum atomic E-state index is 3.71. The lowest BCUT2D eigenvalue weighted by Crippen LogP contribution is -2.38. The highest BCUT2D eigenvalue weighted by molar-refractivity contribution is 4.78. The van der Waals surface area contributed by atoms with Gasteiger partial charge in [0.2, 0.25) is 0 Å². The third kappa shape index (κ3) is 3.68. The molecule has 1 N–H and O–H groups in total. The summed E-state index contributed by atoms with van der Waals surface area (Å²) in [7, 11) is 0. The normalized spacial score (nSPS) is 31.6. The Balaban J connectivity index is 2.17. The molecule has 0 spiro atoms. The number of rotatable bonds is 4. The summed E-state index contributed by atoms with van der Waals surface area (Å²) in [5.74, 6) is 1.02. The molecule has 0 aliphatic heterocycles. The van der Waals surface area contributed by atoms with Gasteiger partial charge >= 0.3 is 0 Å². The van der Waals surface area contributed by atoms with Crippen LogP contribution in [0, 0.1) is 5.92 Å². The molecule has 1 atom stereocenters. The van der Waals surface area contributed by atoms with Gasteiger partial charge in [-0.05, 0) is 44.9 Å². The summed E-state index contributed by atoms with van der Waals surface area (Å²) in [5.41, 5.74) is 0. The van der Waals surface area contributed by atoms with Crippen LogP contribution in [0.2, 0.25) is 0 Å². The van der Waals surface area contributed by atoms with E-state index in [0.717, 1.165) is 12.0 Å². The molecule has 0 amide bonds. The van der Waals surface area contributed by atoms with Crippen molar-refractivity contribution in [2.75, 3.05) is 0 Å². The molecule has 78 valence electrons. The molecular weight excluding hydrogens is 158 g/mol. The van der Waals surface area contributed by atoms with E-state index in [-0.39, 0.29) is 0 Å². The van der Waals surface area contributed by atoms with Gasteiger partial charge in [-0.3, -0.25) is 0 Å². The molecule has 0 heterocycles. The van der Waals surface area contributed by atoms with E-state index < -0.39 is 0 Å². The topological polar surface area (TPSA) is 12.0 Å². The fraction of sp³-hybridized carbons (Fsp3) is 1.00. The Morgan fingerprint density at radius 2 is 1.77 bits per heavy atom. The fourth-order valence-corrected chi connectivity index (χ4v) is 2.26. The number of nitrogens with one attached hydrogen (secondary N) is 1. The molecule has 13 heavy (non-hydrogen) atoms. The Hall–Kier alpha value is -0.0400. The number of hydrogen-bond donors (Lipinski definition) is 1.